The molecule has 2 N–H and O–H groups in total. The van der Waals surface area contributed by atoms with Crippen LogP contribution in [0.4, 0.5) is 5.69 Å². The molecule has 100 valence electrons. The lowest BCUT2D eigenvalue weighted by Gasteiger charge is -2.14. The van der Waals surface area contributed by atoms with E-state index in [1.54, 1.807) is 12.1 Å². The highest BCUT2D eigenvalue weighted by Gasteiger charge is 2.50. The highest BCUT2D eigenvalue weighted by molar-refractivity contribution is 5.81. The van der Waals surface area contributed by atoms with E-state index in [1.807, 2.05) is 6.07 Å². The number of fused-ring (bicyclic) bond motifs is 1. The first-order chi connectivity index (χ1) is 9.13. The van der Waals surface area contributed by atoms with E-state index in [0.29, 0.717) is 17.6 Å². The molecule has 6 nitrogen and oxygen atoms in total. The standard InChI is InChI=1S/C13H14N2O4/c1-18-11(16)13(4-5-13)7-14-8-2-3-10-9(6-8)15-12(17)19-10/h2-3,6,14H,4-5,7H2,1H3,(H,15,17). The van der Waals surface area contributed by atoms with E-state index in [4.69, 9.17) is 9.15 Å². The van der Waals surface area contributed by atoms with Crippen LogP contribution in [0.2, 0.25) is 0 Å². The SMILES string of the molecule is COC(=O)C1(CNc2ccc3oc(=O)[nH]c3c2)CC1. The second-order valence-corrected chi connectivity index (χ2v) is 4.85. The molecule has 1 saturated carbocycles. The number of benzene rings is 1. The predicted molar refractivity (Wildman–Crippen MR) is 69.0 cm³/mol. The molecule has 6 heteroatoms. The Morgan fingerprint density at radius 3 is 3.00 bits per heavy atom. The molecule has 1 heterocycles. The average Bonchev–Trinajstić information content (AvgIpc) is 3.11. The summed E-state index contributed by atoms with van der Waals surface area (Å²) < 4.78 is 9.72. The minimum atomic E-state index is -0.472. The summed E-state index contributed by atoms with van der Waals surface area (Å²) >= 11 is 0. The zero-order chi connectivity index (χ0) is 13.5. The van der Waals surface area contributed by atoms with Crippen molar-refractivity contribution in [1.82, 2.24) is 4.98 Å². The first-order valence-electron chi connectivity index (χ1n) is 6.08. The number of hydrogen-bond donors (Lipinski definition) is 2. The van der Waals surface area contributed by atoms with Gasteiger partial charge in [0.1, 0.15) is 0 Å². The Morgan fingerprint density at radius 1 is 1.53 bits per heavy atom. The van der Waals surface area contributed by atoms with Crippen LogP contribution in [-0.2, 0) is 9.53 Å². The van der Waals surface area contributed by atoms with Crippen molar-refractivity contribution in [3.63, 3.8) is 0 Å². The summed E-state index contributed by atoms with van der Waals surface area (Å²) in [7, 11) is 1.41. The van der Waals surface area contributed by atoms with Gasteiger partial charge in [0.2, 0.25) is 0 Å². The smallest absolute Gasteiger partial charge is 0.417 e. The summed E-state index contributed by atoms with van der Waals surface area (Å²) in [6, 6.07) is 5.31. The lowest BCUT2D eigenvalue weighted by atomic mass is 10.1. The van der Waals surface area contributed by atoms with Gasteiger partial charge in [-0.3, -0.25) is 9.78 Å². The Morgan fingerprint density at radius 2 is 2.32 bits per heavy atom. The fraction of sp³-hybridized carbons (Fsp3) is 0.385. The molecule has 0 spiro atoms. The van der Waals surface area contributed by atoms with Crippen LogP contribution >= 0.6 is 0 Å². The van der Waals surface area contributed by atoms with Gasteiger partial charge in [-0.15, -0.1) is 0 Å². The molecule has 0 radical (unpaired) electrons. The largest absolute Gasteiger partial charge is 0.469 e. The van der Waals surface area contributed by atoms with Crippen molar-refractivity contribution in [3.8, 4) is 0 Å². The number of methoxy groups -OCH3 is 1. The van der Waals surface area contributed by atoms with Crippen molar-refractivity contribution in [2.75, 3.05) is 19.0 Å². The van der Waals surface area contributed by atoms with Crippen LogP contribution in [0.15, 0.2) is 27.4 Å². The van der Waals surface area contributed by atoms with Crippen LogP contribution in [0, 0.1) is 5.41 Å². The Balaban J connectivity index is 1.75. The number of hydrogen-bond acceptors (Lipinski definition) is 5. The van der Waals surface area contributed by atoms with Crippen LogP contribution in [0.3, 0.4) is 0 Å². The zero-order valence-corrected chi connectivity index (χ0v) is 10.5. The summed E-state index contributed by atoms with van der Waals surface area (Å²) in [6.07, 6.45) is 1.69. The molecule has 0 saturated heterocycles. The molecule has 0 aliphatic heterocycles. The summed E-state index contributed by atoms with van der Waals surface area (Å²) in [6.45, 7) is 0.535. The number of rotatable bonds is 4. The van der Waals surface area contributed by atoms with Gasteiger partial charge in [0.25, 0.3) is 0 Å². The van der Waals surface area contributed by atoms with Gasteiger partial charge in [0.05, 0.1) is 18.0 Å². The maximum absolute atomic E-state index is 11.6. The van der Waals surface area contributed by atoms with Crippen molar-refractivity contribution in [2.45, 2.75) is 12.8 Å². The number of aromatic nitrogens is 1. The van der Waals surface area contributed by atoms with Crippen molar-refractivity contribution in [2.24, 2.45) is 5.41 Å². The molecule has 0 bridgehead atoms. The summed E-state index contributed by atoms with van der Waals surface area (Å²) in [5.74, 6) is -0.641. The quantitative estimate of drug-likeness (QED) is 0.815. The monoisotopic (exact) mass is 262 g/mol. The van der Waals surface area contributed by atoms with Crippen LogP contribution in [0.1, 0.15) is 12.8 Å². The number of esters is 1. The molecule has 1 aliphatic rings. The molecule has 0 atom stereocenters. The zero-order valence-electron chi connectivity index (χ0n) is 10.5. The van der Waals surface area contributed by atoms with E-state index >= 15 is 0 Å². The first kappa shape index (κ1) is 11.8. The van der Waals surface area contributed by atoms with E-state index in [-0.39, 0.29) is 11.4 Å². The van der Waals surface area contributed by atoms with Gasteiger partial charge in [-0.1, -0.05) is 0 Å². The highest BCUT2D eigenvalue weighted by Crippen LogP contribution is 2.46. The molecular weight excluding hydrogens is 248 g/mol. The van der Waals surface area contributed by atoms with Gasteiger partial charge in [-0.05, 0) is 31.0 Å². The Hall–Kier alpha value is -2.24. The summed E-state index contributed by atoms with van der Waals surface area (Å²) in [4.78, 5) is 25.3. The minimum absolute atomic E-state index is 0.169. The van der Waals surface area contributed by atoms with Crippen molar-refractivity contribution < 1.29 is 13.9 Å². The van der Waals surface area contributed by atoms with Crippen LogP contribution in [0.25, 0.3) is 11.1 Å². The Bertz CT molecular complexity index is 681. The topological polar surface area (TPSA) is 84.3 Å². The van der Waals surface area contributed by atoms with Gasteiger partial charge in [-0.25, -0.2) is 4.79 Å². The Kier molecular flexibility index (Phi) is 2.58. The van der Waals surface area contributed by atoms with Gasteiger partial charge in [-0.2, -0.15) is 0 Å². The van der Waals surface area contributed by atoms with E-state index in [9.17, 15) is 9.59 Å². The minimum Gasteiger partial charge on any atom is -0.469 e. The Labute approximate surface area is 108 Å². The second-order valence-electron chi connectivity index (χ2n) is 4.85. The molecule has 2 aromatic rings. The fourth-order valence-electron chi connectivity index (χ4n) is 2.15. The number of aromatic amines is 1. The summed E-state index contributed by atoms with van der Waals surface area (Å²) in [5.41, 5.74) is 1.61. The van der Waals surface area contributed by atoms with Crippen LogP contribution in [-0.4, -0.2) is 24.6 Å². The molecule has 19 heavy (non-hydrogen) atoms. The molecular formula is C13H14N2O4. The van der Waals surface area contributed by atoms with E-state index < -0.39 is 5.76 Å². The van der Waals surface area contributed by atoms with Gasteiger partial charge in [0.15, 0.2) is 5.58 Å². The highest BCUT2D eigenvalue weighted by atomic mass is 16.5. The number of nitrogens with one attached hydrogen (secondary N) is 2. The number of ether oxygens (including phenoxy) is 1. The van der Waals surface area contributed by atoms with E-state index in [2.05, 4.69) is 10.3 Å². The molecule has 0 unspecified atom stereocenters. The van der Waals surface area contributed by atoms with Gasteiger partial charge < -0.3 is 14.5 Å². The number of carbonyl (C=O) groups is 1. The van der Waals surface area contributed by atoms with Crippen molar-refractivity contribution >= 4 is 22.8 Å². The maximum atomic E-state index is 11.6. The molecule has 1 aromatic carbocycles. The lowest BCUT2D eigenvalue weighted by Crippen LogP contribution is -2.25. The second kappa shape index (κ2) is 4.15. The molecule has 1 aliphatic carbocycles. The third kappa shape index (κ3) is 2.09. The van der Waals surface area contributed by atoms with Gasteiger partial charge >= 0.3 is 11.7 Å². The molecule has 1 fully saturated rings. The predicted octanol–water partition coefficient (Wildman–Crippen LogP) is 1.49. The van der Waals surface area contributed by atoms with Crippen LogP contribution < -0.4 is 11.1 Å². The first-order valence-corrected chi connectivity index (χ1v) is 6.08. The lowest BCUT2D eigenvalue weighted by molar-refractivity contribution is -0.146. The molecule has 3 rings (SSSR count). The van der Waals surface area contributed by atoms with Gasteiger partial charge in [0, 0.05) is 12.2 Å². The van der Waals surface area contributed by atoms with Crippen molar-refractivity contribution in [1.29, 1.82) is 0 Å². The number of oxazole rings is 1. The molecule has 1 aromatic heterocycles. The van der Waals surface area contributed by atoms with E-state index in [1.165, 1.54) is 7.11 Å². The average molecular weight is 262 g/mol. The normalized spacial score (nSPS) is 16.3. The third-order valence-corrected chi connectivity index (χ3v) is 3.52. The fourth-order valence-corrected chi connectivity index (χ4v) is 2.15. The number of H-pyrrole nitrogens is 1. The van der Waals surface area contributed by atoms with Crippen LogP contribution in [0.5, 0.6) is 0 Å². The number of anilines is 1. The number of carbonyl (C=O) groups excluding carboxylic acids is 1. The van der Waals surface area contributed by atoms with Crippen molar-refractivity contribution in [3.05, 3.63) is 28.7 Å². The third-order valence-electron chi connectivity index (χ3n) is 3.52. The summed E-state index contributed by atoms with van der Waals surface area (Å²) in [5, 5.41) is 3.20. The van der Waals surface area contributed by atoms with E-state index in [0.717, 1.165) is 18.5 Å². The molecule has 0 amide bonds. The maximum Gasteiger partial charge on any atom is 0.417 e.